The molecule has 1 aromatic rings. The predicted molar refractivity (Wildman–Crippen MR) is 76.8 cm³/mol. The summed E-state index contributed by atoms with van der Waals surface area (Å²) in [5.74, 6) is 0.310. The van der Waals surface area contributed by atoms with Crippen LogP contribution in [0.4, 0.5) is 4.39 Å². The highest BCUT2D eigenvalue weighted by molar-refractivity contribution is 5.09. The highest BCUT2D eigenvalue weighted by Gasteiger charge is 2.16. The van der Waals surface area contributed by atoms with Crippen LogP contribution in [0.5, 0.6) is 0 Å². The molecular weight excluding hydrogens is 257 g/mol. The zero-order chi connectivity index (χ0) is 14.4. The molecule has 112 valence electrons. The topological polar surface area (TPSA) is 51.4 Å². The summed E-state index contributed by atoms with van der Waals surface area (Å²) < 4.78 is 18.3. The first kappa shape index (κ1) is 15.4. The van der Waals surface area contributed by atoms with Crippen LogP contribution in [-0.2, 0) is 4.74 Å². The number of hydrogen-bond acceptors (Lipinski definition) is 4. The molecule has 2 rings (SSSR count). The second-order valence-corrected chi connectivity index (χ2v) is 5.64. The molecule has 5 heteroatoms. The third-order valence-corrected chi connectivity index (χ3v) is 3.78. The first-order valence-electron chi connectivity index (χ1n) is 7.28. The predicted octanol–water partition coefficient (Wildman–Crippen LogP) is 1.97. The van der Waals surface area contributed by atoms with Gasteiger partial charge >= 0.3 is 0 Å². The summed E-state index contributed by atoms with van der Waals surface area (Å²) in [6.07, 6.45) is 4.45. The largest absolute Gasteiger partial charge is 0.381 e. The molecule has 1 aliphatic rings. The van der Waals surface area contributed by atoms with Crippen molar-refractivity contribution in [2.45, 2.75) is 25.3 Å². The normalized spacial score (nSPS) is 21.1. The van der Waals surface area contributed by atoms with Gasteiger partial charge in [-0.15, -0.1) is 0 Å². The van der Waals surface area contributed by atoms with Gasteiger partial charge in [-0.3, -0.25) is 4.98 Å². The van der Waals surface area contributed by atoms with Crippen LogP contribution in [0.1, 0.15) is 31.0 Å². The fourth-order valence-electron chi connectivity index (χ4n) is 2.60. The average molecular weight is 281 g/mol. The lowest BCUT2D eigenvalue weighted by molar-refractivity contribution is 0.0417. The molecule has 0 aromatic carbocycles. The molecule has 1 fully saturated rings. The maximum absolute atomic E-state index is 12.8. The van der Waals surface area contributed by atoms with Crippen molar-refractivity contribution in [1.82, 2.24) is 9.88 Å². The molecule has 2 heterocycles. The standard InChI is InChI=1S/C15H24FN3O/c1-19(10-12-3-2-8-20-11-12)7-6-14(17)15-5-4-13(16)9-18-15/h4-5,9,12,14H,2-3,6-8,10-11,17H2,1H3. The molecule has 1 saturated heterocycles. The Bertz CT molecular complexity index is 393. The molecule has 0 radical (unpaired) electrons. The van der Waals surface area contributed by atoms with Crippen molar-refractivity contribution in [2.24, 2.45) is 11.7 Å². The van der Waals surface area contributed by atoms with Gasteiger partial charge in [0.2, 0.25) is 0 Å². The van der Waals surface area contributed by atoms with E-state index < -0.39 is 0 Å². The molecule has 20 heavy (non-hydrogen) atoms. The quantitative estimate of drug-likeness (QED) is 0.866. The van der Waals surface area contributed by atoms with Crippen molar-refractivity contribution < 1.29 is 9.13 Å². The van der Waals surface area contributed by atoms with Crippen LogP contribution in [-0.4, -0.2) is 43.2 Å². The van der Waals surface area contributed by atoms with Gasteiger partial charge in [0.05, 0.1) is 18.5 Å². The van der Waals surface area contributed by atoms with Crippen LogP contribution in [0.25, 0.3) is 0 Å². The van der Waals surface area contributed by atoms with E-state index in [1.54, 1.807) is 6.07 Å². The Morgan fingerprint density at radius 3 is 3.05 bits per heavy atom. The van der Waals surface area contributed by atoms with Crippen molar-refractivity contribution in [3.05, 3.63) is 29.8 Å². The average Bonchev–Trinajstić information content (AvgIpc) is 2.46. The molecule has 2 N–H and O–H groups in total. The first-order chi connectivity index (χ1) is 9.65. The molecule has 0 amide bonds. The fraction of sp³-hybridized carbons (Fsp3) is 0.667. The van der Waals surface area contributed by atoms with E-state index in [0.29, 0.717) is 5.92 Å². The number of nitrogens with zero attached hydrogens (tertiary/aromatic N) is 2. The van der Waals surface area contributed by atoms with Crippen LogP contribution >= 0.6 is 0 Å². The van der Waals surface area contributed by atoms with E-state index in [1.165, 1.54) is 18.7 Å². The number of rotatable bonds is 6. The molecule has 1 aliphatic heterocycles. The Morgan fingerprint density at radius 1 is 1.55 bits per heavy atom. The molecule has 0 saturated carbocycles. The summed E-state index contributed by atoms with van der Waals surface area (Å²) >= 11 is 0. The molecule has 2 unspecified atom stereocenters. The Balaban J connectivity index is 1.71. The second kappa shape index (κ2) is 7.67. The van der Waals surface area contributed by atoms with Crippen molar-refractivity contribution in [3.8, 4) is 0 Å². The highest BCUT2D eigenvalue weighted by Crippen LogP contribution is 2.16. The van der Waals surface area contributed by atoms with E-state index in [0.717, 1.165) is 44.8 Å². The first-order valence-corrected chi connectivity index (χ1v) is 7.28. The Labute approximate surface area is 120 Å². The summed E-state index contributed by atoms with van der Waals surface area (Å²) in [5, 5.41) is 0. The molecule has 1 aromatic heterocycles. The SMILES string of the molecule is CN(CCC(N)c1ccc(F)cn1)CC1CCCOC1. The lowest BCUT2D eigenvalue weighted by atomic mass is 10.0. The number of aromatic nitrogens is 1. The van der Waals surface area contributed by atoms with Gasteiger partial charge in [-0.05, 0) is 50.9 Å². The summed E-state index contributed by atoms with van der Waals surface area (Å²) in [6, 6.07) is 2.93. The number of nitrogens with two attached hydrogens (primary N) is 1. The highest BCUT2D eigenvalue weighted by atomic mass is 19.1. The minimum atomic E-state index is -0.324. The van der Waals surface area contributed by atoms with Gasteiger partial charge in [0, 0.05) is 19.2 Å². The monoisotopic (exact) mass is 281 g/mol. The fourth-order valence-corrected chi connectivity index (χ4v) is 2.60. The number of halogens is 1. The summed E-state index contributed by atoms with van der Waals surface area (Å²) in [4.78, 5) is 6.33. The van der Waals surface area contributed by atoms with E-state index in [4.69, 9.17) is 10.5 Å². The molecule has 0 spiro atoms. The maximum atomic E-state index is 12.8. The summed E-state index contributed by atoms with van der Waals surface area (Å²) in [5.41, 5.74) is 6.84. The molecule has 2 atom stereocenters. The molecule has 0 bridgehead atoms. The van der Waals surface area contributed by atoms with Gasteiger partial charge in [-0.25, -0.2) is 4.39 Å². The lowest BCUT2D eigenvalue weighted by Crippen LogP contribution is -2.32. The maximum Gasteiger partial charge on any atom is 0.141 e. The van der Waals surface area contributed by atoms with E-state index in [1.807, 2.05) is 0 Å². The Kier molecular flexibility index (Phi) is 5.88. The van der Waals surface area contributed by atoms with Gasteiger partial charge in [0.25, 0.3) is 0 Å². The van der Waals surface area contributed by atoms with Gasteiger partial charge in [-0.2, -0.15) is 0 Å². The Hall–Kier alpha value is -1.04. The summed E-state index contributed by atoms with van der Waals surface area (Å²) in [6.45, 7) is 3.73. The van der Waals surface area contributed by atoms with Crippen molar-refractivity contribution >= 4 is 0 Å². The van der Waals surface area contributed by atoms with E-state index in [2.05, 4.69) is 16.9 Å². The van der Waals surface area contributed by atoms with E-state index >= 15 is 0 Å². The second-order valence-electron chi connectivity index (χ2n) is 5.64. The van der Waals surface area contributed by atoms with Gasteiger partial charge in [0.15, 0.2) is 0 Å². The van der Waals surface area contributed by atoms with Crippen LogP contribution in [0.15, 0.2) is 18.3 Å². The number of pyridine rings is 1. The smallest absolute Gasteiger partial charge is 0.141 e. The summed E-state index contributed by atoms with van der Waals surface area (Å²) in [7, 11) is 2.11. The molecule has 4 nitrogen and oxygen atoms in total. The van der Waals surface area contributed by atoms with Crippen molar-refractivity contribution in [2.75, 3.05) is 33.4 Å². The lowest BCUT2D eigenvalue weighted by Gasteiger charge is -2.27. The Morgan fingerprint density at radius 2 is 2.40 bits per heavy atom. The van der Waals surface area contributed by atoms with Crippen LogP contribution in [0, 0.1) is 11.7 Å². The van der Waals surface area contributed by atoms with Gasteiger partial charge < -0.3 is 15.4 Å². The van der Waals surface area contributed by atoms with Crippen LogP contribution < -0.4 is 5.73 Å². The van der Waals surface area contributed by atoms with Gasteiger partial charge in [-0.1, -0.05) is 0 Å². The van der Waals surface area contributed by atoms with E-state index in [-0.39, 0.29) is 11.9 Å². The molecular formula is C15H24FN3O. The minimum Gasteiger partial charge on any atom is -0.381 e. The van der Waals surface area contributed by atoms with Crippen LogP contribution in [0.3, 0.4) is 0 Å². The van der Waals surface area contributed by atoms with Crippen molar-refractivity contribution in [1.29, 1.82) is 0 Å². The minimum absolute atomic E-state index is 0.138. The van der Waals surface area contributed by atoms with Gasteiger partial charge in [0.1, 0.15) is 5.82 Å². The third-order valence-electron chi connectivity index (χ3n) is 3.78. The van der Waals surface area contributed by atoms with E-state index in [9.17, 15) is 4.39 Å². The van der Waals surface area contributed by atoms with Crippen molar-refractivity contribution in [3.63, 3.8) is 0 Å². The number of ether oxygens (including phenoxy) is 1. The molecule has 0 aliphatic carbocycles. The zero-order valence-electron chi connectivity index (χ0n) is 12.1. The third kappa shape index (κ3) is 4.81. The van der Waals surface area contributed by atoms with Crippen LogP contribution in [0.2, 0.25) is 0 Å². The zero-order valence-corrected chi connectivity index (χ0v) is 12.1. The number of hydrogen-bond donors (Lipinski definition) is 1.